The Morgan fingerprint density at radius 2 is 2.08 bits per heavy atom. The second-order valence-corrected chi connectivity index (χ2v) is 8.02. The number of rotatable bonds is 5. The van der Waals surface area contributed by atoms with E-state index in [1.54, 1.807) is 0 Å². The minimum atomic E-state index is -0.988. The van der Waals surface area contributed by atoms with Crippen molar-refractivity contribution in [3.8, 4) is 0 Å². The summed E-state index contributed by atoms with van der Waals surface area (Å²) < 4.78 is 5.87. The molecule has 0 radical (unpaired) electrons. The molecule has 1 heterocycles. The Bertz CT molecular complexity index is 613. The number of nitrogens with one attached hydrogen (secondary N) is 2. The van der Waals surface area contributed by atoms with Crippen LogP contribution in [0.2, 0.25) is 0 Å². The summed E-state index contributed by atoms with van der Waals surface area (Å²) in [4.78, 5) is 4.67. The van der Waals surface area contributed by atoms with Gasteiger partial charge in [0.25, 0.3) is 0 Å². The van der Waals surface area contributed by atoms with Crippen molar-refractivity contribution in [1.29, 1.82) is 0 Å². The Morgan fingerprint density at radius 1 is 1.36 bits per heavy atom. The Labute approximate surface area is 150 Å². The van der Waals surface area contributed by atoms with Gasteiger partial charge in [0, 0.05) is 30.5 Å². The van der Waals surface area contributed by atoms with Crippen LogP contribution in [0.3, 0.4) is 0 Å². The van der Waals surface area contributed by atoms with Crippen LogP contribution in [0, 0.1) is 11.3 Å². The molecule has 4 atom stereocenters. The van der Waals surface area contributed by atoms with Crippen LogP contribution in [0.15, 0.2) is 35.3 Å². The molecule has 3 rings (SSSR count). The van der Waals surface area contributed by atoms with E-state index in [2.05, 4.69) is 36.4 Å². The predicted molar refractivity (Wildman–Crippen MR) is 101 cm³/mol. The SMILES string of the molecule is CCNC(=NCC(C)(O)c1ccccc1)NC1C2CCOC2C1(C)C. The fourth-order valence-corrected chi connectivity index (χ4v) is 4.21. The van der Waals surface area contributed by atoms with Crippen molar-refractivity contribution in [1.82, 2.24) is 10.6 Å². The number of nitrogens with zero attached hydrogens (tertiary/aromatic N) is 1. The molecule has 0 bridgehead atoms. The molecule has 0 spiro atoms. The molecule has 0 aromatic heterocycles. The van der Waals surface area contributed by atoms with Crippen LogP contribution in [0.25, 0.3) is 0 Å². The Kier molecular flexibility index (Phi) is 5.07. The van der Waals surface area contributed by atoms with E-state index in [0.717, 1.165) is 31.1 Å². The highest BCUT2D eigenvalue weighted by Crippen LogP contribution is 2.52. The highest BCUT2D eigenvalue weighted by molar-refractivity contribution is 5.80. The van der Waals surface area contributed by atoms with Gasteiger partial charge in [0.2, 0.25) is 0 Å². The van der Waals surface area contributed by atoms with Crippen LogP contribution >= 0.6 is 0 Å². The summed E-state index contributed by atoms with van der Waals surface area (Å²) in [6.45, 7) is 10.3. The fraction of sp³-hybridized carbons (Fsp3) is 0.650. The fourth-order valence-electron chi connectivity index (χ4n) is 4.21. The number of aliphatic imine (C=N–C) groups is 1. The van der Waals surface area contributed by atoms with Crippen molar-refractivity contribution < 1.29 is 9.84 Å². The number of hydrogen-bond acceptors (Lipinski definition) is 3. The summed E-state index contributed by atoms with van der Waals surface area (Å²) in [5, 5.41) is 17.7. The molecule has 0 amide bonds. The van der Waals surface area contributed by atoms with Crippen molar-refractivity contribution in [3.05, 3.63) is 35.9 Å². The smallest absolute Gasteiger partial charge is 0.191 e. The van der Waals surface area contributed by atoms with Gasteiger partial charge in [-0.15, -0.1) is 0 Å². The Morgan fingerprint density at radius 3 is 2.76 bits per heavy atom. The number of fused-ring (bicyclic) bond motifs is 1. The standard InChI is InChI=1S/C20H31N3O2/c1-5-21-18(22-13-20(4,24)14-9-7-6-8-10-14)23-16-15-11-12-25-17(15)19(16,2)3/h6-10,15-17,24H,5,11-13H2,1-4H3,(H2,21,22,23). The van der Waals surface area contributed by atoms with Gasteiger partial charge in [0.1, 0.15) is 5.60 Å². The summed E-state index contributed by atoms with van der Waals surface area (Å²) in [6, 6.07) is 10.0. The summed E-state index contributed by atoms with van der Waals surface area (Å²) in [6.07, 6.45) is 1.45. The van der Waals surface area contributed by atoms with E-state index < -0.39 is 5.60 Å². The first-order valence-corrected chi connectivity index (χ1v) is 9.30. The van der Waals surface area contributed by atoms with Gasteiger partial charge in [-0.2, -0.15) is 0 Å². The lowest BCUT2D eigenvalue weighted by molar-refractivity contribution is -0.106. The van der Waals surface area contributed by atoms with Crippen molar-refractivity contribution in [3.63, 3.8) is 0 Å². The lowest BCUT2D eigenvalue weighted by Gasteiger charge is -2.55. The lowest BCUT2D eigenvalue weighted by Crippen LogP contribution is -2.68. The lowest BCUT2D eigenvalue weighted by atomic mass is 9.57. The van der Waals surface area contributed by atoms with Gasteiger partial charge in [0.05, 0.1) is 12.6 Å². The van der Waals surface area contributed by atoms with E-state index in [4.69, 9.17) is 4.74 Å². The van der Waals surface area contributed by atoms with Crippen molar-refractivity contribution in [2.24, 2.45) is 16.3 Å². The number of ether oxygens (including phenoxy) is 1. The molecule has 1 saturated heterocycles. The van der Waals surface area contributed by atoms with Crippen LogP contribution in [0.1, 0.15) is 39.7 Å². The van der Waals surface area contributed by atoms with Crippen molar-refractivity contribution >= 4 is 5.96 Å². The highest BCUT2D eigenvalue weighted by Gasteiger charge is 2.59. The van der Waals surface area contributed by atoms with Crippen LogP contribution in [0.5, 0.6) is 0 Å². The summed E-state index contributed by atoms with van der Waals surface area (Å²) in [5.74, 6) is 1.32. The van der Waals surface area contributed by atoms with Gasteiger partial charge in [-0.25, -0.2) is 4.99 Å². The maximum Gasteiger partial charge on any atom is 0.191 e. The van der Waals surface area contributed by atoms with Gasteiger partial charge >= 0.3 is 0 Å². The second-order valence-electron chi connectivity index (χ2n) is 8.02. The molecule has 2 fully saturated rings. The third-order valence-electron chi connectivity index (χ3n) is 5.68. The monoisotopic (exact) mass is 345 g/mol. The maximum atomic E-state index is 10.8. The first-order chi connectivity index (χ1) is 11.9. The summed E-state index contributed by atoms with van der Waals surface area (Å²) >= 11 is 0. The zero-order chi connectivity index (χ0) is 18.1. The van der Waals surface area contributed by atoms with E-state index >= 15 is 0 Å². The third kappa shape index (κ3) is 3.53. The molecule has 3 N–H and O–H groups in total. The number of guanidine groups is 1. The molecular weight excluding hydrogens is 314 g/mol. The normalized spacial score (nSPS) is 30.1. The quantitative estimate of drug-likeness (QED) is 0.566. The topological polar surface area (TPSA) is 65.9 Å². The predicted octanol–water partition coefficient (Wildman–Crippen LogP) is 2.26. The molecule has 5 heteroatoms. The van der Waals surface area contributed by atoms with Crippen LogP contribution in [-0.2, 0) is 10.3 Å². The van der Waals surface area contributed by atoms with E-state index in [-0.39, 0.29) is 5.41 Å². The molecule has 1 aromatic rings. The molecular formula is C20H31N3O2. The first-order valence-electron chi connectivity index (χ1n) is 9.30. The first kappa shape index (κ1) is 18.2. The van der Waals surface area contributed by atoms with E-state index in [0.29, 0.717) is 24.6 Å². The zero-order valence-corrected chi connectivity index (χ0v) is 15.7. The molecule has 4 unspecified atom stereocenters. The zero-order valence-electron chi connectivity index (χ0n) is 15.7. The van der Waals surface area contributed by atoms with Gasteiger partial charge < -0.3 is 20.5 Å². The number of benzene rings is 1. The van der Waals surface area contributed by atoms with Crippen LogP contribution in [-0.4, -0.2) is 42.9 Å². The summed E-state index contributed by atoms with van der Waals surface area (Å²) in [5.41, 5.74) is -0.0142. The number of aliphatic hydroxyl groups is 1. The minimum absolute atomic E-state index is 0.0965. The highest BCUT2D eigenvalue weighted by atomic mass is 16.5. The van der Waals surface area contributed by atoms with Crippen LogP contribution in [0.4, 0.5) is 0 Å². The summed E-state index contributed by atoms with van der Waals surface area (Å²) in [7, 11) is 0. The van der Waals surface area contributed by atoms with E-state index in [1.807, 2.05) is 37.3 Å². The number of hydrogen-bond donors (Lipinski definition) is 3. The Balaban J connectivity index is 1.69. The van der Waals surface area contributed by atoms with Crippen molar-refractivity contribution in [2.45, 2.75) is 51.9 Å². The molecule has 1 aliphatic carbocycles. The van der Waals surface area contributed by atoms with Crippen molar-refractivity contribution in [2.75, 3.05) is 19.7 Å². The average molecular weight is 345 g/mol. The minimum Gasteiger partial charge on any atom is -0.384 e. The largest absolute Gasteiger partial charge is 0.384 e. The molecule has 5 nitrogen and oxygen atoms in total. The van der Waals surface area contributed by atoms with Gasteiger partial charge in [-0.3, -0.25) is 0 Å². The van der Waals surface area contributed by atoms with Crippen LogP contribution < -0.4 is 10.6 Å². The molecule has 1 aromatic carbocycles. The molecule has 2 aliphatic rings. The molecule has 138 valence electrons. The molecule has 1 saturated carbocycles. The van der Waals surface area contributed by atoms with E-state index in [9.17, 15) is 5.11 Å². The van der Waals surface area contributed by atoms with Gasteiger partial charge in [0.15, 0.2) is 5.96 Å². The molecule has 1 aliphatic heterocycles. The molecule has 25 heavy (non-hydrogen) atoms. The average Bonchev–Trinajstić information content (AvgIpc) is 3.05. The Hall–Kier alpha value is -1.59. The third-order valence-corrected chi connectivity index (χ3v) is 5.68. The van der Waals surface area contributed by atoms with Gasteiger partial charge in [-0.05, 0) is 25.8 Å². The maximum absolute atomic E-state index is 10.8. The van der Waals surface area contributed by atoms with E-state index in [1.165, 1.54) is 0 Å². The second kappa shape index (κ2) is 6.96. The van der Waals surface area contributed by atoms with Gasteiger partial charge in [-0.1, -0.05) is 44.2 Å².